The van der Waals surface area contributed by atoms with E-state index in [0.29, 0.717) is 11.5 Å². The van der Waals surface area contributed by atoms with Gasteiger partial charge in [-0.1, -0.05) is 70.2 Å². The molecule has 0 bridgehead atoms. The number of thioether (sulfide) groups is 1. The summed E-state index contributed by atoms with van der Waals surface area (Å²) in [6.45, 7) is 0. The average Bonchev–Trinajstić information content (AvgIpc) is 3.22. The first kappa shape index (κ1) is 20.5. The van der Waals surface area contributed by atoms with Gasteiger partial charge in [-0.25, -0.2) is 0 Å². The van der Waals surface area contributed by atoms with Gasteiger partial charge in [0.2, 0.25) is 0 Å². The lowest BCUT2D eigenvalue weighted by Gasteiger charge is -2.13. The highest BCUT2D eigenvalue weighted by Gasteiger charge is 2.18. The molecule has 0 fully saturated rings. The number of hydrogen-bond acceptors (Lipinski definition) is 5. The third-order valence-corrected chi connectivity index (χ3v) is 6.10. The van der Waals surface area contributed by atoms with Crippen LogP contribution in [0.3, 0.4) is 0 Å². The monoisotopic (exact) mass is 481 g/mol. The van der Waals surface area contributed by atoms with E-state index in [-0.39, 0.29) is 0 Å². The van der Waals surface area contributed by atoms with E-state index in [1.807, 2.05) is 60.7 Å². The van der Waals surface area contributed by atoms with Crippen molar-refractivity contribution in [3.05, 3.63) is 82.8 Å². The van der Waals surface area contributed by atoms with Gasteiger partial charge in [-0.05, 0) is 29.8 Å². The molecule has 0 spiro atoms. The molecule has 7 heteroatoms. The Bertz CT molecular complexity index is 1130. The average molecular weight is 482 g/mol. The maximum absolute atomic E-state index is 5.51. The molecule has 0 aliphatic rings. The molecule has 0 amide bonds. The van der Waals surface area contributed by atoms with Gasteiger partial charge in [0.05, 0.1) is 19.9 Å². The molecule has 4 aromatic rings. The third kappa shape index (κ3) is 4.37. The van der Waals surface area contributed by atoms with Crippen LogP contribution in [0.25, 0.3) is 17.1 Å². The van der Waals surface area contributed by atoms with Crippen molar-refractivity contribution in [2.75, 3.05) is 14.2 Å². The fourth-order valence-electron chi connectivity index (χ4n) is 3.06. The van der Waals surface area contributed by atoms with Crippen LogP contribution in [0, 0.1) is 0 Å². The maximum atomic E-state index is 5.51. The molecule has 1 heterocycles. The highest BCUT2D eigenvalue weighted by Crippen LogP contribution is 2.34. The van der Waals surface area contributed by atoms with E-state index in [2.05, 4.69) is 42.8 Å². The van der Waals surface area contributed by atoms with Crippen LogP contribution in [-0.2, 0) is 5.75 Å². The molecule has 0 saturated carbocycles. The van der Waals surface area contributed by atoms with Gasteiger partial charge in [0, 0.05) is 21.9 Å². The molecule has 3 aromatic carbocycles. The second kappa shape index (κ2) is 9.36. The normalized spacial score (nSPS) is 10.8. The number of methoxy groups -OCH3 is 2. The summed E-state index contributed by atoms with van der Waals surface area (Å²) >= 11 is 5.12. The van der Waals surface area contributed by atoms with E-state index in [1.165, 1.54) is 5.56 Å². The molecule has 0 aliphatic heterocycles. The quantitative estimate of drug-likeness (QED) is 0.302. The summed E-state index contributed by atoms with van der Waals surface area (Å²) in [7, 11) is 3.26. The van der Waals surface area contributed by atoms with Crippen molar-refractivity contribution in [3.63, 3.8) is 0 Å². The van der Waals surface area contributed by atoms with Gasteiger partial charge in [-0.15, -0.1) is 10.2 Å². The van der Waals surface area contributed by atoms with E-state index >= 15 is 0 Å². The molecule has 0 saturated heterocycles. The smallest absolute Gasteiger partial charge is 0.196 e. The molecule has 5 nitrogen and oxygen atoms in total. The molecular weight excluding hydrogens is 462 g/mol. The number of ether oxygens (including phenoxy) is 2. The predicted molar refractivity (Wildman–Crippen MR) is 124 cm³/mol. The third-order valence-electron chi connectivity index (χ3n) is 4.57. The Morgan fingerprint density at radius 2 is 1.60 bits per heavy atom. The Labute approximate surface area is 188 Å². The van der Waals surface area contributed by atoms with Gasteiger partial charge in [0.25, 0.3) is 0 Å². The lowest BCUT2D eigenvalue weighted by atomic mass is 10.2. The lowest BCUT2D eigenvalue weighted by Crippen LogP contribution is -2.01. The molecule has 0 atom stereocenters. The zero-order valence-corrected chi connectivity index (χ0v) is 19.0. The summed E-state index contributed by atoms with van der Waals surface area (Å²) < 4.78 is 14.0. The Hall–Kier alpha value is -2.77. The summed E-state index contributed by atoms with van der Waals surface area (Å²) in [4.78, 5) is 0. The molecule has 152 valence electrons. The predicted octanol–water partition coefficient (Wildman–Crippen LogP) is 6.01. The number of aromatic nitrogens is 3. The molecule has 0 radical (unpaired) electrons. The molecule has 0 aliphatic carbocycles. The molecule has 1 aromatic heterocycles. The number of rotatable bonds is 7. The summed E-state index contributed by atoms with van der Waals surface area (Å²) in [6, 6.07) is 24.2. The number of nitrogens with zero attached hydrogens (tertiary/aromatic N) is 3. The van der Waals surface area contributed by atoms with Crippen molar-refractivity contribution in [2.45, 2.75) is 10.9 Å². The fraction of sp³-hybridized carbons (Fsp3) is 0.130. The summed E-state index contributed by atoms with van der Waals surface area (Å²) in [6.07, 6.45) is 0. The number of benzene rings is 3. The van der Waals surface area contributed by atoms with Crippen molar-refractivity contribution in [2.24, 2.45) is 0 Å². The first-order valence-electron chi connectivity index (χ1n) is 9.30. The first-order chi connectivity index (χ1) is 14.7. The standard InChI is InChI=1S/C23H20BrN3O2S/c1-28-20-13-12-19(14-21(20)29-2)27-22(17-6-4-3-5-7-17)25-26-23(27)30-15-16-8-10-18(24)11-9-16/h3-14H,15H2,1-2H3. The van der Waals surface area contributed by atoms with Gasteiger partial charge < -0.3 is 9.47 Å². The highest BCUT2D eigenvalue weighted by atomic mass is 79.9. The fourth-order valence-corrected chi connectivity index (χ4v) is 4.23. The molecule has 30 heavy (non-hydrogen) atoms. The minimum Gasteiger partial charge on any atom is -0.493 e. The molecule has 0 N–H and O–H groups in total. The van der Waals surface area contributed by atoms with Crippen molar-refractivity contribution in [3.8, 4) is 28.6 Å². The van der Waals surface area contributed by atoms with Gasteiger partial charge in [-0.2, -0.15) is 0 Å². The second-order valence-electron chi connectivity index (χ2n) is 6.46. The minimum absolute atomic E-state index is 0.659. The van der Waals surface area contributed by atoms with Crippen molar-refractivity contribution in [1.82, 2.24) is 14.8 Å². The van der Waals surface area contributed by atoms with E-state index in [4.69, 9.17) is 9.47 Å². The highest BCUT2D eigenvalue weighted by molar-refractivity contribution is 9.10. The summed E-state index contributed by atoms with van der Waals surface area (Å²) in [5.74, 6) is 2.90. The van der Waals surface area contributed by atoms with Crippen LogP contribution in [0.4, 0.5) is 0 Å². The SMILES string of the molecule is COc1ccc(-n2c(SCc3ccc(Br)cc3)nnc2-c2ccccc2)cc1OC. The van der Waals surface area contributed by atoms with Crippen molar-refractivity contribution >= 4 is 27.7 Å². The van der Waals surface area contributed by atoms with Crippen molar-refractivity contribution < 1.29 is 9.47 Å². The minimum atomic E-state index is 0.659. The van der Waals surface area contributed by atoms with E-state index < -0.39 is 0 Å². The van der Waals surface area contributed by atoms with Crippen LogP contribution < -0.4 is 9.47 Å². The largest absolute Gasteiger partial charge is 0.493 e. The Balaban J connectivity index is 1.75. The van der Waals surface area contributed by atoms with Crippen LogP contribution >= 0.6 is 27.7 Å². The van der Waals surface area contributed by atoms with Crippen LogP contribution in [0.1, 0.15) is 5.56 Å². The topological polar surface area (TPSA) is 49.2 Å². The van der Waals surface area contributed by atoms with E-state index in [9.17, 15) is 0 Å². The molecule has 0 unspecified atom stereocenters. The number of hydrogen-bond donors (Lipinski definition) is 0. The Morgan fingerprint density at radius 3 is 2.30 bits per heavy atom. The van der Waals surface area contributed by atoms with Crippen LogP contribution in [-0.4, -0.2) is 29.0 Å². The zero-order valence-electron chi connectivity index (χ0n) is 16.6. The van der Waals surface area contributed by atoms with Gasteiger partial charge >= 0.3 is 0 Å². The van der Waals surface area contributed by atoms with E-state index in [1.54, 1.807) is 26.0 Å². The zero-order chi connectivity index (χ0) is 20.9. The van der Waals surface area contributed by atoms with Gasteiger partial charge in [0.15, 0.2) is 22.5 Å². The first-order valence-corrected chi connectivity index (χ1v) is 11.1. The van der Waals surface area contributed by atoms with Crippen LogP contribution in [0.15, 0.2) is 82.4 Å². The molecule has 4 rings (SSSR count). The summed E-state index contributed by atoms with van der Waals surface area (Å²) in [5, 5.41) is 9.80. The Morgan fingerprint density at radius 1 is 0.867 bits per heavy atom. The van der Waals surface area contributed by atoms with Gasteiger partial charge in [0.1, 0.15) is 0 Å². The van der Waals surface area contributed by atoms with Crippen LogP contribution in [0.2, 0.25) is 0 Å². The van der Waals surface area contributed by atoms with E-state index in [0.717, 1.165) is 32.5 Å². The summed E-state index contributed by atoms with van der Waals surface area (Å²) in [5.41, 5.74) is 3.12. The molecular formula is C23H20BrN3O2S. The van der Waals surface area contributed by atoms with Gasteiger partial charge in [-0.3, -0.25) is 4.57 Å². The van der Waals surface area contributed by atoms with Crippen LogP contribution in [0.5, 0.6) is 11.5 Å². The van der Waals surface area contributed by atoms with Crippen molar-refractivity contribution in [1.29, 1.82) is 0 Å². The maximum Gasteiger partial charge on any atom is 0.196 e. The number of halogens is 1. The Kier molecular flexibility index (Phi) is 6.40. The second-order valence-corrected chi connectivity index (χ2v) is 8.32. The lowest BCUT2D eigenvalue weighted by molar-refractivity contribution is 0.355.